The van der Waals surface area contributed by atoms with Gasteiger partial charge in [-0.1, -0.05) is 31.2 Å². The van der Waals surface area contributed by atoms with Crippen molar-refractivity contribution in [3.63, 3.8) is 0 Å². The number of fused-ring (bicyclic) bond motifs is 1. The van der Waals surface area contributed by atoms with Crippen LogP contribution < -0.4 is 5.32 Å². The van der Waals surface area contributed by atoms with E-state index >= 15 is 0 Å². The zero-order chi connectivity index (χ0) is 17.8. The lowest BCUT2D eigenvalue weighted by Gasteiger charge is -2.34. The van der Waals surface area contributed by atoms with E-state index in [1.165, 1.54) is 67.9 Å². The molecule has 1 aromatic carbocycles. The molecule has 1 aliphatic heterocycles. The van der Waals surface area contributed by atoms with Crippen LogP contribution >= 0.6 is 0 Å². The molecule has 0 spiro atoms. The molecule has 0 saturated carbocycles. The number of likely N-dealkylation sites (N-methyl/N-ethyl adjacent to an activating group) is 1. The second kappa shape index (κ2) is 8.33. The molecular formula is C21H31N5. The molecule has 5 heteroatoms. The maximum Gasteiger partial charge on any atom is 0.0553 e. The number of H-pyrrole nitrogens is 1. The highest BCUT2D eigenvalue weighted by Crippen LogP contribution is 2.27. The van der Waals surface area contributed by atoms with Gasteiger partial charge in [0.2, 0.25) is 0 Å². The third kappa shape index (κ3) is 4.17. The van der Waals surface area contributed by atoms with Gasteiger partial charge in [0.25, 0.3) is 0 Å². The highest BCUT2D eigenvalue weighted by atomic mass is 15.3. The van der Waals surface area contributed by atoms with E-state index in [9.17, 15) is 0 Å². The molecule has 1 unspecified atom stereocenters. The summed E-state index contributed by atoms with van der Waals surface area (Å²) in [5, 5.41) is 11.1. The fraction of sp³-hybridized carbons (Fsp3) is 0.571. The Morgan fingerprint density at radius 3 is 2.58 bits per heavy atom. The Morgan fingerprint density at radius 2 is 1.81 bits per heavy atom. The molecule has 1 atom stereocenters. The Kier molecular flexibility index (Phi) is 5.68. The molecular weight excluding hydrogens is 322 g/mol. The number of aromatic amines is 1. The summed E-state index contributed by atoms with van der Waals surface area (Å²) in [6.45, 7) is 10.2. The van der Waals surface area contributed by atoms with Gasteiger partial charge in [0, 0.05) is 45.3 Å². The molecule has 4 rings (SSSR count). The number of benzene rings is 1. The fourth-order valence-corrected chi connectivity index (χ4v) is 4.19. The van der Waals surface area contributed by atoms with E-state index < -0.39 is 0 Å². The first kappa shape index (κ1) is 17.7. The molecule has 26 heavy (non-hydrogen) atoms. The molecule has 140 valence electrons. The third-order valence-corrected chi connectivity index (χ3v) is 5.93. The normalized spacial score (nSPS) is 21.7. The summed E-state index contributed by atoms with van der Waals surface area (Å²) in [4.78, 5) is 5.10. The average molecular weight is 354 g/mol. The van der Waals surface area contributed by atoms with Crippen LogP contribution in [-0.4, -0.2) is 52.7 Å². The number of nitrogens with one attached hydrogen (secondary N) is 2. The van der Waals surface area contributed by atoms with Gasteiger partial charge >= 0.3 is 0 Å². The van der Waals surface area contributed by atoms with E-state index in [0.717, 1.165) is 19.5 Å². The second-order valence-corrected chi connectivity index (χ2v) is 7.66. The van der Waals surface area contributed by atoms with Crippen molar-refractivity contribution in [1.29, 1.82) is 0 Å². The van der Waals surface area contributed by atoms with Crippen LogP contribution in [0.4, 0.5) is 0 Å². The van der Waals surface area contributed by atoms with E-state index in [1.54, 1.807) is 0 Å². The Bertz CT molecular complexity index is 685. The molecule has 1 aromatic heterocycles. The SMILES string of the molecule is CCN1CCN(Cc2ccc(CNC3CCCc4cn[nH]c43)cc2)CC1. The number of nitrogens with zero attached hydrogens (tertiary/aromatic N) is 3. The van der Waals surface area contributed by atoms with E-state index in [1.807, 2.05) is 6.20 Å². The lowest BCUT2D eigenvalue weighted by atomic mass is 9.93. The largest absolute Gasteiger partial charge is 0.305 e. The molecule has 2 aliphatic rings. The maximum absolute atomic E-state index is 4.21. The van der Waals surface area contributed by atoms with E-state index in [4.69, 9.17) is 0 Å². The first-order valence-corrected chi connectivity index (χ1v) is 10.1. The number of aryl methyl sites for hydroxylation is 1. The Morgan fingerprint density at radius 1 is 1.08 bits per heavy atom. The van der Waals surface area contributed by atoms with Crippen LogP contribution in [0.5, 0.6) is 0 Å². The van der Waals surface area contributed by atoms with Gasteiger partial charge in [-0.25, -0.2) is 0 Å². The van der Waals surface area contributed by atoms with Crippen LogP contribution in [-0.2, 0) is 19.5 Å². The van der Waals surface area contributed by atoms with Gasteiger partial charge < -0.3 is 10.2 Å². The van der Waals surface area contributed by atoms with Crippen molar-refractivity contribution in [3.8, 4) is 0 Å². The number of rotatable bonds is 6. The third-order valence-electron chi connectivity index (χ3n) is 5.93. The van der Waals surface area contributed by atoms with Crippen molar-refractivity contribution in [1.82, 2.24) is 25.3 Å². The van der Waals surface area contributed by atoms with Crippen molar-refractivity contribution in [2.24, 2.45) is 0 Å². The molecule has 1 aliphatic carbocycles. The van der Waals surface area contributed by atoms with Gasteiger partial charge in [-0.05, 0) is 42.5 Å². The quantitative estimate of drug-likeness (QED) is 0.838. The number of piperazine rings is 1. The van der Waals surface area contributed by atoms with E-state index in [2.05, 4.69) is 56.5 Å². The number of hydrogen-bond donors (Lipinski definition) is 2. The Hall–Kier alpha value is -1.69. The molecule has 0 radical (unpaired) electrons. The number of hydrogen-bond acceptors (Lipinski definition) is 4. The molecule has 0 bridgehead atoms. The van der Waals surface area contributed by atoms with Gasteiger partial charge in [0.05, 0.1) is 11.9 Å². The van der Waals surface area contributed by atoms with E-state index in [-0.39, 0.29) is 0 Å². The predicted molar refractivity (Wildman–Crippen MR) is 105 cm³/mol. The zero-order valence-electron chi connectivity index (χ0n) is 15.9. The van der Waals surface area contributed by atoms with Gasteiger partial charge in [-0.2, -0.15) is 5.10 Å². The van der Waals surface area contributed by atoms with Gasteiger partial charge in [0.15, 0.2) is 0 Å². The molecule has 2 heterocycles. The topological polar surface area (TPSA) is 47.2 Å². The smallest absolute Gasteiger partial charge is 0.0553 e. The van der Waals surface area contributed by atoms with Gasteiger partial charge in [-0.15, -0.1) is 0 Å². The summed E-state index contributed by atoms with van der Waals surface area (Å²) in [6.07, 6.45) is 5.58. The minimum absolute atomic E-state index is 0.413. The summed E-state index contributed by atoms with van der Waals surface area (Å²) < 4.78 is 0. The van der Waals surface area contributed by atoms with Crippen LogP contribution in [0, 0.1) is 0 Å². The van der Waals surface area contributed by atoms with Crippen molar-refractivity contribution in [2.45, 2.75) is 45.3 Å². The fourth-order valence-electron chi connectivity index (χ4n) is 4.19. The molecule has 5 nitrogen and oxygen atoms in total. The first-order chi connectivity index (χ1) is 12.8. The lowest BCUT2D eigenvalue weighted by Crippen LogP contribution is -2.45. The van der Waals surface area contributed by atoms with Crippen molar-refractivity contribution >= 4 is 0 Å². The van der Waals surface area contributed by atoms with Crippen molar-refractivity contribution in [3.05, 3.63) is 52.8 Å². The minimum Gasteiger partial charge on any atom is -0.305 e. The van der Waals surface area contributed by atoms with Crippen LogP contribution in [0.25, 0.3) is 0 Å². The standard InChI is InChI=1S/C21H31N5/c1-2-25-10-12-26(13-11-25)16-18-8-6-17(7-9-18)14-22-20-5-3-4-19-15-23-24-21(19)20/h6-9,15,20,22H,2-5,10-14,16H2,1H3,(H,23,24). The Labute approximate surface area is 156 Å². The van der Waals surface area contributed by atoms with Crippen LogP contribution in [0.15, 0.2) is 30.5 Å². The van der Waals surface area contributed by atoms with Crippen LogP contribution in [0.2, 0.25) is 0 Å². The summed E-state index contributed by atoms with van der Waals surface area (Å²) in [5.74, 6) is 0. The Balaban J connectivity index is 1.27. The highest BCUT2D eigenvalue weighted by molar-refractivity contribution is 5.25. The molecule has 1 fully saturated rings. The van der Waals surface area contributed by atoms with Crippen molar-refractivity contribution in [2.75, 3.05) is 32.7 Å². The minimum atomic E-state index is 0.413. The van der Waals surface area contributed by atoms with E-state index in [0.29, 0.717) is 6.04 Å². The molecule has 0 amide bonds. The summed E-state index contributed by atoms with van der Waals surface area (Å²) in [6, 6.07) is 9.57. The summed E-state index contributed by atoms with van der Waals surface area (Å²) in [7, 11) is 0. The van der Waals surface area contributed by atoms with Gasteiger partial charge in [-0.3, -0.25) is 10.00 Å². The first-order valence-electron chi connectivity index (χ1n) is 10.1. The monoisotopic (exact) mass is 353 g/mol. The van der Waals surface area contributed by atoms with Gasteiger partial charge in [0.1, 0.15) is 0 Å². The zero-order valence-corrected chi connectivity index (χ0v) is 15.9. The maximum atomic E-state index is 4.21. The summed E-state index contributed by atoms with van der Waals surface area (Å²) in [5.41, 5.74) is 5.45. The number of aromatic nitrogens is 2. The molecule has 2 N–H and O–H groups in total. The van der Waals surface area contributed by atoms with Crippen LogP contribution in [0.3, 0.4) is 0 Å². The van der Waals surface area contributed by atoms with Crippen LogP contribution in [0.1, 0.15) is 48.2 Å². The molecule has 1 saturated heterocycles. The lowest BCUT2D eigenvalue weighted by molar-refractivity contribution is 0.132. The predicted octanol–water partition coefficient (Wildman–Crippen LogP) is 2.71. The highest BCUT2D eigenvalue weighted by Gasteiger charge is 2.21. The second-order valence-electron chi connectivity index (χ2n) is 7.66. The summed E-state index contributed by atoms with van der Waals surface area (Å²) >= 11 is 0. The average Bonchev–Trinajstić information content (AvgIpc) is 3.17. The molecule has 2 aromatic rings. The van der Waals surface area contributed by atoms with Crippen molar-refractivity contribution < 1.29 is 0 Å².